The molecule has 0 spiro atoms. The molecule has 0 unspecified atom stereocenters. The summed E-state index contributed by atoms with van der Waals surface area (Å²) in [6.07, 6.45) is 0.952. The molecule has 0 fully saturated rings. The zero-order valence-electron chi connectivity index (χ0n) is 11.8. The molecule has 0 aliphatic rings. The van der Waals surface area contributed by atoms with Crippen LogP contribution < -0.4 is 10.6 Å². The third kappa shape index (κ3) is 4.78. The SMILES string of the molecule is CCCNC(=O)NCc1ccc(C(C)(C)C)cc1. The second-order valence-corrected chi connectivity index (χ2v) is 5.56. The van der Waals surface area contributed by atoms with Crippen molar-refractivity contribution in [1.82, 2.24) is 10.6 Å². The van der Waals surface area contributed by atoms with Gasteiger partial charge in [-0.05, 0) is 23.0 Å². The van der Waals surface area contributed by atoms with Gasteiger partial charge in [-0.1, -0.05) is 52.0 Å². The van der Waals surface area contributed by atoms with Crippen molar-refractivity contribution >= 4 is 6.03 Å². The van der Waals surface area contributed by atoms with E-state index < -0.39 is 0 Å². The first-order chi connectivity index (χ1) is 8.43. The van der Waals surface area contributed by atoms with Gasteiger partial charge in [-0.2, -0.15) is 0 Å². The molecule has 18 heavy (non-hydrogen) atoms. The Morgan fingerprint density at radius 2 is 1.72 bits per heavy atom. The maximum Gasteiger partial charge on any atom is 0.315 e. The van der Waals surface area contributed by atoms with Crippen LogP contribution in [-0.2, 0) is 12.0 Å². The van der Waals surface area contributed by atoms with Gasteiger partial charge in [0, 0.05) is 13.1 Å². The van der Waals surface area contributed by atoms with E-state index in [1.807, 2.05) is 6.92 Å². The van der Waals surface area contributed by atoms with Gasteiger partial charge in [-0.25, -0.2) is 4.79 Å². The maximum absolute atomic E-state index is 11.4. The predicted octanol–water partition coefficient (Wildman–Crippen LogP) is 3.19. The molecule has 0 aliphatic carbocycles. The van der Waals surface area contributed by atoms with Crippen LogP contribution in [0.5, 0.6) is 0 Å². The van der Waals surface area contributed by atoms with Gasteiger partial charge in [0.05, 0.1) is 0 Å². The molecule has 0 radical (unpaired) electrons. The summed E-state index contributed by atoms with van der Waals surface area (Å²) in [6, 6.07) is 8.29. The molecule has 0 saturated carbocycles. The summed E-state index contributed by atoms with van der Waals surface area (Å²) in [5, 5.41) is 5.63. The predicted molar refractivity (Wildman–Crippen MR) is 75.7 cm³/mol. The smallest absolute Gasteiger partial charge is 0.315 e. The topological polar surface area (TPSA) is 41.1 Å². The first-order valence-corrected chi connectivity index (χ1v) is 6.54. The number of amides is 2. The Morgan fingerprint density at radius 3 is 2.22 bits per heavy atom. The fraction of sp³-hybridized carbons (Fsp3) is 0.533. The molecule has 0 bridgehead atoms. The molecule has 1 aromatic rings. The van der Waals surface area contributed by atoms with E-state index in [9.17, 15) is 4.79 Å². The van der Waals surface area contributed by atoms with Gasteiger partial charge in [-0.15, -0.1) is 0 Å². The number of carbonyl (C=O) groups excluding carboxylic acids is 1. The van der Waals surface area contributed by atoms with Crippen LogP contribution in [0.3, 0.4) is 0 Å². The highest BCUT2D eigenvalue weighted by Crippen LogP contribution is 2.21. The van der Waals surface area contributed by atoms with Gasteiger partial charge in [-0.3, -0.25) is 0 Å². The van der Waals surface area contributed by atoms with E-state index in [2.05, 4.69) is 55.7 Å². The fourth-order valence-electron chi connectivity index (χ4n) is 1.61. The maximum atomic E-state index is 11.4. The van der Waals surface area contributed by atoms with Gasteiger partial charge in [0.15, 0.2) is 0 Å². The van der Waals surface area contributed by atoms with Gasteiger partial charge >= 0.3 is 6.03 Å². The van der Waals surface area contributed by atoms with Crippen LogP contribution >= 0.6 is 0 Å². The Hall–Kier alpha value is -1.51. The Balaban J connectivity index is 2.47. The summed E-state index contributed by atoms with van der Waals surface area (Å²) in [7, 11) is 0. The minimum Gasteiger partial charge on any atom is -0.338 e. The van der Waals surface area contributed by atoms with Crippen molar-refractivity contribution in [3.05, 3.63) is 35.4 Å². The molecule has 1 rings (SSSR count). The molecule has 1 aromatic carbocycles. The van der Waals surface area contributed by atoms with Crippen molar-refractivity contribution in [3.8, 4) is 0 Å². The van der Waals surface area contributed by atoms with E-state index in [0.717, 1.165) is 18.5 Å². The first kappa shape index (κ1) is 14.6. The molecule has 0 atom stereocenters. The molecule has 0 saturated heterocycles. The number of carbonyl (C=O) groups is 1. The Morgan fingerprint density at radius 1 is 1.11 bits per heavy atom. The zero-order valence-corrected chi connectivity index (χ0v) is 11.8. The van der Waals surface area contributed by atoms with Crippen molar-refractivity contribution in [2.24, 2.45) is 0 Å². The van der Waals surface area contributed by atoms with Gasteiger partial charge in [0.2, 0.25) is 0 Å². The molecule has 0 heterocycles. The molecular formula is C15H24N2O. The molecular weight excluding hydrogens is 224 g/mol. The number of hydrogen-bond donors (Lipinski definition) is 2. The minimum absolute atomic E-state index is 0.100. The lowest BCUT2D eigenvalue weighted by Crippen LogP contribution is -2.35. The molecule has 2 N–H and O–H groups in total. The molecule has 0 aliphatic heterocycles. The lowest BCUT2D eigenvalue weighted by molar-refractivity contribution is 0.240. The Bertz CT molecular complexity index is 376. The number of nitrogens with one attached hydrogen (secondary N) is 2. The lowest BCUT2D eigenvalue weighted by Gasteiger charge is -2.19. The van der Waals surface area contributed by atoms with Gasteiger partial charge in [0.1, 0.15) is 0 Å². The number of hydrogen-bond acceptors (Lipinski definition) is 1. The third-order valence-electron chi connectivity index (χ3n) is 2.81. The van der Waals surface area contributed by atoms with E-state index in [4.69, 9.17) is 0 Å². The monoisotopic (exact) mass is 248 g/mol. The normalized spacial score (nSPS) is 11.1. The summed E-state index contributed by atoms with van der Waals surface area (Å²) in [6.45, 7) is 9.90. The number of benzene rings is 1. The molecule has 100 valence electrons. The van der Waals surface area contributed by atoms with Crippen LogP contribution in [0.2, 0.25) is 0 Å². The van der Waals surface area contributed by atoms with Crippen LogP contribution in [0.25, 0.3) is 0 Å². The van der Waals surface area contributed by atoms with E-state index in [1.54, 1.807) is 0 Å². The summed E-state index contributed by atoms with van der Waals surface area (Å²) >= 11 is 0. The van der Waals surface area contributed by atoms with Crippen LogP contribution in [0.1, 0.15) is 45.2 Å². The van der Waals surface area contributed by atoms with Crippen molar-refractivity contribution < 1.29 is 4.79 Å². The summed E-state index contributed by atoms with van der Waals surface area (Å²) < 4.78 is 0. The van der Waals surface area contributed by atoms with Crippen molar-refractivity contribution in [3.63, 3.8) is 0 Å². The van der Waals surface area contributed by atoms with Crippen molar-refractivity contribution in [1.29, 1.82) is 0 Å². The minimum atomic E-state index is -0.100. The van der Waals surface area contributed by atoms with Crippen LogP contribution in [0.4, 0.5) is 4.79 Å². The summed E-state index contributed by atoms with van der Waals surface area (Å²) in [5.41, 5.74) is 2.60. The highest BCUT2D eigenvalue weighted by Gasteiger charge is 2.12. The standard InChI is InChI=1S/C15H24N2O/c1-5-10-16-14(18)17-11-12-6-8-13(9-7-12)15(2,3)4/h6-9H,5,10-11H2,1-4H3,(H2,16,17,18). The zero-order chi connectivity index (χ0) is 13.6. The second kappa shape index (κ2) is 6.43. The highest BCUT2D eigenvalue weighted by atomic mass is 16.2. The van der Waals surface area contributed by atoms with Crippen molar-refractivity contribution in [2.45, 2.75) is 46.1 Å². The average molecular weight is 248 g/mol. The van der Waals surface area contributed by atoms with Crippen LogP contribution in [-0.4, -0.2) is 12.6 Å². The van der Waals surface area contributed by atoms with Crippen LogP contribution in [0.15, 0.2) is 24.3 Å². The number of rotatable bonds is 4. The van der Waals surface area contributed by atoms with E-state index in [-0.39, 0.29) is 11.4 Å². The summed E-state index contributed by atoms with van der Waals surface area (Å²) in [4.78, 5) is 11.4. The van der Waals surface area contributed by atoms with Crippen LogP contribution in [0, 0.1) is 0 Å². The van der Waals surface area contributed by atoms with E-state index in [1.165, 1.54) is 5.56 Å². The molecule has 0 aromatic heterocycles. The molecule has 3 heteroatoms. The first-order valence-electron chi connectivity index (χ1n) is 6.54. The second-order valence-electron chi connectivity index (χ2n) is 5.56. The average Bonchev–Trinajstić information content (AvgIpc) is 2.33. The van der Waals surface area contributed by atoms with E-state index in [0.29, 0.717) is 6.54 Å². The fourth-order valence-corrected chi connectivity index (χ4v) is 1.61. The van der Waals surface area contributed by atoms with E-state index >= 15 is 0 Å². The molecule has 2 amide bonds. The Kier molecular flexibility index (Phi) is 5.20. The Labute approximate surface area is 110 Å². The largest absolute Gasteiger partial charge is 0.338 e. The highest BCUT2D eigenvalue weighted by molar-refractivity contribution is 5.73. The lowest BCUT2D eigenvalue weighted by atomic mass is 9.87. The van der Waals surface area contributed by atoms with Crippen molar-refractivity contribution in [2.75, 3.05) is 6.54 Å². The number of urea groups is 1. The summed E-state index contributed by atoms with van der Waals surface area (Å²) in [5.74, 6) is 0. The van der Waals surface area contributed by atoms with Gasteiger partial charge in [0.25, 0.3) is 0 Å². The third-order valence-corrected chi connectivity index (χ3v) is 2.81. The quantitative estimate of drug-likeness (QED) is 0.844. The molecule has 3 nitrogen and oxygen atoms in total. The van der Waals surface area contributed by atoms with Gasteiger partial charge < -0.3 is 10.6 Å².